The number of hydrogen-bond donors (Lipinski definition) is 1. The normalized spacial score (nSPS) is 13.8. The molecular formula is C17H17ClN2O4S. The molecule has 1 amide bonds. The Labute approximate surface area is 151 Å². The number of ether oxygens (including phenoxy) is 1. The number of sulfonamides is 1. The van der Waals surface area contributed by atoms with Crippen LogP contribution in [0.5, 0.6) is 5.75 Å². The molecule has 1 aliphatic heterocycles. The molecule has 0 atom stereocenters. The number of benzene rings is 2. The van der Waals surface area contributed by atoms with Crippen LogP contribution in [-0.4, -0.2) is 27.5 Å². The van der Waals surface area contributed by atoms with E-state index >= 15 is 0 Å². The minimum absolute atomic E-state index is 0.0699. The van der Waals surface area contributed by atoms with Gasteiger partial charge in [0.25, 0.3) is 10.0 Å². The highest BCUT2D eigenvalue weighted by molar-refractivity contribution is 7.92. The van der Waals surface area contributed by atoms with Gasteiger partial charge in [-0.3, -0.25) is 9.52 Å². The molecule has 0 radical (unpaired) electrons. The van der Waals surface area contributed by atoms with Crippen LogP contribution >= 0.6 is 11.6 Å². The molecule has 0 fully saturated rings. The minimum atomic E-state index is -3.80. The summed E-state index contributed by atoms with van der Waals surface area (Å²) in [5.41, 5.74) is 1.68. The van der Waals surface area contributed by atoms with Crippen molar-refractivity contribution in [2.45, 2.75) is 18.7 Å². The van der Waals surface area contributed by atoms with Crippen molar-refractivity contribution in [3.05, 3.63) is 47.0 Å². The van der Waals surface area contributed by atoms with Gasteiger partial charge in [0.2, 0.25) is 5.91 Å². The van der Waals surface area contributed by atoms with Gasteiger partial charge >= 0.3 is 0 Å². The average molecular weight is 381 g/mol. The largest absolute Gasteiger partial charge is 0.490 e. The lowest BCUT2D eigenvalue weighted by molar-refractivity contribution is -0.116. The number of hydrogen-bond acceptors (Lipinski definition) is 4. The standard InChI is InChI=1S/C17H17ClN2O4S/c1-11-3-5-14(10-15(11)18)25(22,23)19-13-4-6-17-16(9-13)20(12(2)21)7-8-24-17/h3-6,9-10,19H,7-8H2,1-2H3. The second-order valence-corrected chi connectivity index (χ2v) is 7.81. The van der Waals surface area contributed by atoms with Gasteiger partial charge in [-0.2, -0.15) is 0 Å². The molecule has 0 bridgehead atoms. The lowest BCUT2D eigenvalue weighted by Crippen LogP contribution is -2.36. The van der Waals surface area contributed by atoms with Crippen molar-refractivity contribution in [1.82, 2.24) is 0 Å². The van der Waals surface area contributed by atoms with Gasteiger partial charge in [-0.1, -0.05) is 17.7 Å². The van der Waals surface area contributed by atoms with Gasteiger partial charge in [-0.15, -0.1) is 0 Å². The molecule has 6 nitrogen and oxygen atoms in total. The first kappa shape index (κ1) is 17.6. The molecule has 0 aromatic heterocycles. The second kappa shape index (κ2) is 6.57. The quantitative estimate of drug-likeness (QED) is 0.887. The van der Waals surface area contributed by atoms with Crippen LogP contribution in [0.1, 0.15) is 12.5 Å². The predicted molar refractivity (Wildman–Crippen MR) is 97.0 cm³/mol. The fraction of sp³-hybridized carbons (Fsp3) is 0.235. The topological polar surface area (TPSA) is 75.7 Å². The van der Waals surface area contributed by atoms with Crippen LogP contribution in [0, 0.1) is 6.92 Å². The Morgan fingerprint density at radius 2 is 2.00 bits per heavy atom. The van der Waals surface area contributed by atoms with Crippen LogP contribution in [0.15, 0.2) is 41.3 Å². The number of carbonyl (C=O) groups is 1. The number of rotatable bonds is 3. The first-order chi connectivity index (χ1) is 11.8. The molecule has 0 saturated heterocycles. The second-order valence-electron chi connectivity index (χ2n) is 5.72. The Hall–Kier alpha value is -2.25. The number of nitrogens with zero attached hydrogens (tertiary/aromatic N) is 1. The third-order valence-corrected chi connectivity index (χ3v) is 5.69. The van der Waals surface area contributed by atoms with Crippen LogP contribution in [0.3, 0.4) is 0 Å². The first-order valence-corrected chi connectivity index (χ1v) is 9.48. The van der Waals surface area contributed by atoms with Crippen molar-refractivity contribution in [2.24, 2.45) is 0 Å². The Balaban J connectivity index is 1.94. The third kappa shape index (κ3) is 3.57. The highest BCUT2D eigenvalue weighted by Gasteiger charge is 2.23. The number of anilines is 2. The average Bonchev–Trinajstić information content (AvgIpc) is 2.56. The number of fused-ring (bicyclic) bond motifs is 1. The zero-order valence-electron chi connectivity index (χ0n) is 13.7. The van der Waals surface area contributed by atoms with Crippen molar-refractivity contribution in [3.63, 3.8) is 0 Å². The molecule has 1 heterocycles. The zero-order chi connectivity index (χ0) is 18.2. The van der Waals surface area contributed by atoms with Crippen LogP contribution in [0.25, 0.3) is 0 Å². The van der Waals surface area contributed by atoms with Crippen molar-refractivity contribution in [2.75, 3.05) is 22.8 Å². The fourth-order valence-electron chi connectivity index (χ4n) is 2.56. The van der Waals surface area contributed by atoms with Gasteiger partial charge < -0.3 is 9.64 Å². The van der Waals surface area contributed by atoms with Gasteiger partial charge in [0, 0.05) is 11.9 Å². The van der Waals surface area contributed by atoms with Crippen molar-refractivity contribution in [1.29, 1.82) is 0 Å². The van der Waals surface area contributed by atoms with E-state index in [9.17, 15) is 13.2 Å². The predicted octanol–water partition coefficient (Wildman–Crippen LogP) is 3.19. The highest BCUT2D eigenvalue weighted by Crippen LogP contribution is 2.35. The summed E-state index contributed by atoms with van der Waals surface area (Å²) in [4.78, 5) is 13.4. The molecule has 0 saturated carbocycles. The van der Waals surface area contributed by atoms with Crippen molar-refractivity contribution in [3.8, 4) is 5.75 Å². The van der Waals surface area contributed by atoms with E-state index in [1.165, 1.54) is 19.1 Å². The van der Waals surface area contributed by atoms with Crippen LogP contribution in [-0.2, 0) is 14.8 Å². The Kier molecular flexibility index (Phi) is 4.62. The van der Waals surface area contributed by atoms with Gasteiger partial charge in [-0.05, 0) is 42.8 Å². The summed E-state index contributed by atoms with van der Waals surface area (Å²) in [5.74, 6) is 0.414. The zero-order valence-corrected chi connectivity index (χ0v) is 15.3. The van der Waals surface area contributed by atoms with E-state index in [1.54, 1.807) is 36.1 Å². The molecular weight excluding hydrogens is 364 g/mol. The molecule has 132 valence electrons. The monoisotopic (exact) mass is 380 g/mol. The molecule has 1 aliphatic rings. The number of halogens is 1. The summed E-state index contributed by atoms with van der Waals surface area (Å²) in [6.07, 6.45) is 0. The summed E-state index contributed by atoms with van der Waals surface area (Å²) in [5, 5.41) is 0.379. The first-order valence-electron chi connectivity index (χ1n) is 7.62. The van der Waals surface area contributed by atoms with Crippen LogP contribution in [0.4, 0.5) is 11.4 Å². The highest BCUT2D eigenvalue weighted by atomic mass is 35.5. The number of nitrogens with one attached hydrogen (secondary N) is 1. The van der Waals surface area contributed by atoms with Gasteiger partial charge in [-0.25, -0.2) is 8.42 Å². The summed E-state index contributed by atoms with van der Waals surface area (Å²) >= 11 is 6.02. The van der Waals surface area contributed by atoms with Gasteiger partial charge in [0.1, 0.15) is 12.4 Å². The van der Waals surface area contributed by atoms with Crippen LogP contribution in [0.2, 0.25) is 5.02 Å². The SMILES string of the molecule is CC(=O)N1CCOc2ccc(NS(=O)(=O)c3ccc(C)c(Cl)c3)cc21. The molecule has 8 heteroatoms. The Morgan fingerprint density at radius 1 is 1.24 bits per heavy atom. The molecule has 1 N–H and O–H groups in total. The van der Waals surface area contributed by atoms with Gasteiger partial charge in [0.15, 0.2) is 0 Å². The van der Waals surface area contributed by atoms with E-state index in [-0.39, 0.29) is 10.8 Å². The Morgan fingerprint density at radius 3 is 2.68 bits per heavy atom. The summed E-state index contributed by atoms with van der Waals surface area (Å²) in [6, 6.07) is 9.37. The number of amides is 1. The lowest BCUT2D eigenvalue weighted by Gasteiger charge is -2.29. The Bertz CT molecular complexity index is 944. The fourth-order valence-corrected chi connectivity index (χ4v) is 3.88. The summed E-state index contributed by atoms with van der Waals surface area (Å²) < 4.78 is 33.2. The molecule has 0 aliphatic carbocycles. The molecule has 2 aromatic rings. The molecule has 0 unspecified atom stereocenters. The van der Waals surface area contributed by atoms with E-state index in [2.05, 4.69) is 4.72 Å². The van der Waals surface area contributed by atoms with E-state index in [0.29, 0.717) is 35.3 Å². The third-order valence-electron chi connectivity index (χ3n) is 3.91. The minimum Gasteiger partial charge on any atom is -0.490 e. The smallest absolute Gasteiger partial charge is 0.261 e. The summed E-state index contributed by atoms with van der Waals surface area (Å²) in [6.45, 7) is 4.08. The maximum absolute atomic E-state index is 12.6. The summed E-state index contributed by atoms with van der Waals surface area (Å²) in [7, 11) is -3.80. The van der Waals surface area contributed by atoms with Gasteiger partial charge in [0.05, 0.1) is 22.8 Å². The van der Waals surface area contributed by atoms with Crippen LogP contribution < -0.4 is 14.4 Å². The molecule has 25 heavy (non-hydrogen) atoms. The van der Waals surface area contributed by atoms with Crippen molar-refractivity contribution < 1.29 is 17.9 Å². The number of carbonyl (C=O) groups excluding carboxylic acids is 1. The number of aryl methyl sites for hydroxylation is 1. The van der Waals surface area contributed by atoms with E-state index in [0.717, 1.165) is 5.56 Å². The van der Waals surface area contributed by atoms with E-state index < -0.39 is 10.0 Å². The van der Waals surface area contributed by atoms with Crippen molar-refractivity contribution >= 4 is 38.9 Å². The molecule has 3 rings (SSSR count). The van der Waals surface area contributed by atoms with E-state index in [4.69, 9.17) is 16.3 Å². The molecule has 0 spiro atoms. The maximum Gasteiger partial charge on any atom is 0.261 e. The maximum atomic E-state index is 12.6. The van der Waals surface area contributed by atoms with E-state index in [1.807, 2.05) is 0 Å². The lowest BCUT2D eigenvalue weighted by atomic mass is 10.2. The molecule has 2 aromatic carbocycles.